The van der Waals surface area contributed by atoms with Crippen molar-refractivity contribution in [1.29, 1.82) is 0 Å². The number of hydrogen-bond donors (Lipinski definition) is 1. The number of hydrogen-bond acceptors (Lipinski definition) is 4. The molecule has 5 heteroatoms. The van der Waals surface area contributed by atoms with E-state index in [1.54, 1.807) is 30.5 Å². The first-order valence-corrected chi connectivity index (χ1v) is 7.73. The number of benzene rings is 2. The molecular weight excluding hydrogens is 304 g/mol. The van der Waals surface area contributed by atoms with E-state index in [2.05, 4.69) is 17.4 Å². The molecule has 0 bridgehead atoms. The Labute approximate surface area is 141 Å². The largest absolute Gasteiger partial charge is 0.386 e. The summed E-state index contributed by atoms with van der Waals surface area (Å²) in [7, 11) is 0. The molecule has 0 aromatic heterocycles. The number of anilines is 1. The molecule has 0 aliphatic rings. The van der Waals surface area contributed by atoms with Gasteiger partial charge in [-0.3, -0.25) is 9.59 Å². The number of nitrogens with one attached hydrogen (secondary N) is 1. The summed E-state index contributed by atoms with van der Waals surface area (Å²) < 4.78 is 0. The van der Waals surface area contributed by atoms with Crippen molar-refractivity contribution < 1.29 is 14.4 Å². The first-order valence-electron chi connectivity index (χ1n) is 7.73. The Kier molecular flexibility index (Phi) is 6.25. The van der Waals surface area contributed by atoms with Gasteiger partial charge in [-0.1, -0.05) is 36.3 Å². The molecule has 0 saturated carbocycles. The van der Waals surface area contributed by atoms with Gasteiger partial charge in [0.05, 0.1) is 6.21 Å². The van der Waals surface area contributed by atoms with Crippen LogP contribution in [-0.4, -0.2) is 24.5 Å². The Bertz CT molecular complexity index is 719. The van der Waals surface area contributed by atoms with Crippen LogP contribution in [0.1, 0.15) is 35.3 Å². The van der Waals surface area contributed by atoms with Crippen molar-refractivity contribution in [3.63, 3.8) is 0 Å². The predicted molar refractivity (Wildman–Crippen MR) is 94.4 cm³/mol. The number of oxime groups is 1. The summed E-state index contributed by atoms with van der Waals surface area (Å²) in [6, 6.07) is 14.6. The maximum absolute atomic E-state index is 11.7. The lowest BCUT2D eigenvalue weighted by molar-refractivity contribution is -0.120. The normalized spacial score (nSPS) is 10.6. The molecule has 2 aromatic carbocycles. The lowest BCUT2D eigenvalue weighted by Crippen LogP contribution is -2.17. The van der Waals surface area contributed by atoms with Gasteiger partial charge in [0, 0.05) is 11.3 Å². The zero-order valence-electron chi connectivity index (χ0n) is 13.8. The lowest BCUT2D eigenvalue weighted by atomic mass is 10.1. The van der Waals surface area contributed by atoms with Crippen LogP contribution in [0, 0.1) is 0 Å². The summed E-state index contributed by atoms with van der Waals surface area (Å²) in [6.45, 7) is 3.41. The highest BCUT2D eigenvalue weighted by atomic mass is 16.6. The highest BCUT2D eigenvalue weighted by molar-refractivity contribution is 5.95. The molecule has 0 fully saturated rings. The molecule has 0 heterocycles. The first kappa shape index (κ1) is 17.4. The van der Waals surface area contributed by atoms with E-state index >= 15 is 0 Å². The summed E-state index contributed by atoms with van der Waals surface area (Å²) in [6.07, 6.45) is 2.55. The van der Waals surface area contributed by atoms with Crippen LogP contribution in [0.25, 0.3) is 0 Å². The summed E-state index contributed by atoms with van der Waals surface area (Å²) >= 11 is 0. The average molecular weight is 324 g/mol. The van der Waals surface area contributed by atoms with Crippen LogP contribution in [-0.2, 0) is 16.1 Å². The van der Waals surface area contributed by atoms with Gasteiger partial charge < -0.3 is 10.2 Å². The molecule has 0 aliphatic heterocycles. The van der Waals surface area contributed by atoms with Crippen LogP contribution < -0.4 is 5.32 Å². The van der Waals surface area contributed by atoms with Gasteiger partial charge in [-0.25, -0.2) is 0 Å². The van der Waals surface area contributed by atoms with Gasteiger partial charge in [-0.15, -0.1) is 0 Å². The topological polar surface area (TPSA) is 67.8 Å². The van der Waals surface area contributed by atoms with Crippen molar-refractivity contribution in [3.8, 4) is 0 Å². The third kappa shape index (κ3) is 5.35. The van der Waals surface area contributed by atoms with Crippen LogP contribution in [0.4, 0.5) is 5.69 Å². The number of aryl methyl sites for hydroxylation is 1. The summed E-state index contributed by atoms with van der Waals surface area (Å²) in [5.41, 5.74) is 3.37. The van der Waals surface area contributed by atoms with E-state index < -0.39 is 0 Å². The Balaban J connectivity index is 1.78. The fraction of sp³-hybridized carbons (Fsp3) is 0.211. The van der Waals surface area contributed by atoms with Crippen LogP contribution >= 0.6 is 0 Å². The van der Waals surface area contributed by atoms with Gasteiger partial charge in [0.25, 0.3) is 5.91 Å². The fourth-order valence-corrected chi connectivity index (χ4v) is 2.02. The molecule has 124 valence electrons. The van der Waals surface area contributed by atoms with Crippen molar-refractivity contribution in [2.45, 2.75) is 20.3 Å². The van der Waals surface area contributed by atoms with Gasteiger partial charge in [0.2, 0.25) is 0 Å². The molecule has 5 nitrogen and oxygen atoms in total. The number of rotatable bonds is 7. The summed E-state index contributed by atoms with van der Waals surface area (Å²) in [5, 5.41) is 6.46. The van der Waals surface area contributed by atoms with Gasteiger partial charge in [0.1, 0.15) is 0 Å². The van der Waals surface area contributed by atoms with Crippen LogP contribution in [0.3, 0.4) is 0 Å². The van der Waals surface area contributed by atoms with E-state index in [9.17, 15) is 9.59 Å². The number of amides is 1. The second-order valence-corrected chi connectivity index (χ2v) is 5.28. The van der Waals surface area contributed by atoms with Crippen molar-refractivity contribution >= 4 is 23.6 Å². The second kappa shape index (κ2) is 8.62. The Morgan fingerprint density at radius 1 is 1.08 bits per heavy atom. The number of Topliss-reactive ketones (excluding diaryl/α,β-unsaturated/α-hetero) is 1. The maximum Gasteiger partial charge on any atom is 0.265 e. The molecule has 2 aromatic rings. The van der Waals surface area contributed by atoms with Gasteiger partial charge in [-0.2, -0.15) is 0 Å². The number of ketones is 1. The molecule has 2 rings (SSSR count). The van der Waals surface area contributed by atoms with E-state index in [1.807, 2.05) is 24.3 Å². The number of carbonyl (C=O) groups excluding carboxylic acids is 2. The minimum atomic E-state index is -0.316. The molecule has 0 saturated heterocycles. The van der Waals surface area contributed by atoms with Crippen molar-refractivity contribution in [3.05, 3.63) is 65.2 Å². The third-order valence-electron chi connectivity index (χ3n) is 3.44. The molecule has 0 aliphatic carbocycles. The van der Waals surface area contributed by atoms with Crippen molar-refractivity contribution in [1.82, 2.24) is 0 Å². The third-order valence-corrected chi connectivity index (χ3v) is 3.44. The first-order chi connectivity index (χ1) is 11.6. The van der Waals surface area contributed by atoms with Crippen molar-refractivity contribution in [2.75, 3.05) is 11.9 Å². The zero-order chi connectivity index (χ0) is 17.4. The SMILES string of the molecule is CCc1ccc(/C=N\OCC(=O)Nc2ccc(C(C)=O)cc2)cc1. The highest BCUT2D eigenvalue weighted by Crippen LogP contribution is 2.10. The Morgan fingerprint density at radius 2 is 1.75 bits per heavy atom. The Hall–Kier alpha value is -2.95. The molecule has 1 N–H and O–H groups in total. The molecule has 0 spiro atoms. The monoisotopic (exact) mass is 324 g/mol. The quantitative estimate of drug-likeness (QED) is 0.482. The fourth-order valence-electron chi connectivity index (χ4n) is 2.02. The van der Waals surface area contributed by atoms with Crippen molar-refractivity contribution in [2.24, 2.45) is 5.16 Å². The molecule has 1 amide bonds. The van der Waals surface area contributed by atoms with Gasteiger partial charge in [0.15, 0.2) is 12.4 Å². The molecule has 0 atom stereocenters. The summed E-state index contributed by atoms with van der Waals surface area (Å²) in [4.78, 5) is 27.9. The maximum atomic E-state index is 11.7. The standard InChI is InChI=1S/C19H20N2O3/c1-3-15-4-6-16(7-5-15)12-20-24-13-19(23)21-18-10-8-17(9-11-18)14(2)22/h4-12H,3,13H2,1-2H3,(H,21,23)/b20-12-. The molecule has 0 unspecified atom stereocenters. The minimum Gasteiger partial charge on any atom is -0.386 e. The Morgan fingerprint density at radius 3 is 2.33 bits per heavy atom. The van der Waals surface area contributed by atoms with E-state index in [-0.39, 0.29) is 18.3 Å². The number of carbonyl (C=O) groups is 2. The lowest BCUT2D eigenvalue weighted by Gasteiger charge is -2.04. The second-order valence-electron chi connectivity index (χ2n) is 5.28. The molecule has 24 heavy (non-hydrogen) atoms. The van der Waals surface area contributed by atoms with Gasteiger partial charge >= 0.3 is 0 Å². The molecular formula is C19H20N2O3. The minimum absolute atomic E-state index is 0.0162. The van der Waals surface area contributed by atoms with Crippen LogP contribution in [0.15, 0.2) is 53.7 Å². The predicted octanol–water partition coefficient (Wildman–Crippen LogP) is 3.44. The van der Waals surface area contributed by atoms with E-state index in [4.69, 9.17) is 4.84 Å². The smallest absolute Gasteiger partial charge is 0.265 e. The zero-order valence-corrected chi connectivity index (χ0v) is 13.8. The van der Waals surface area contributed by atoms with E-state index in [0.29, 0.717) is 11.3 Å². The highest BCUT2D eigenvalue weighted by Gasteiger charge is 2.04. The average Bonchev–Trinajstić information content (AvgIpc) is 2.59. The van der Waals surface area contributed by atoms with Crippen LogP contribution in [0.2, 0.25) is 0 Å². The van der Waals surface area contributed by atoms with Crippen LogP contribution in [0.5, 0.6) is 0 Å². The van der Waals surface area contributed by atoms with Gasteiger partial charge in [-0.05, 0) is 48.7 Å². The van der Waals surface area contributed by atoms with E-state index in [0.717, 1.165) is 12.0 Å². The number of nitrogens with zero attached hydrogens (tertiary/aromatic N) is 1. The summed E-state index contributed by atoms with van der Waals surface area (Å²) in [5.74, 6) is -0.332. The van der Waals surface area contributed by atoms with E-state index in [1.165, 1.54) is 12.5 Å². The molecule has 0 radical (unpaired) electrons.